The van der Waals surface area contributed by atoms with Gasteiger partial charge < -0.3 is 10.4 Å². The molecule has 1 aliphatic carbocycles. The summed E-state index contributed by atoms with van der Waals surface area (Å²) in [6.07, 6.45) is 1.20. The molecule has 0 spiro atoms. The van der Waals surface area contributed by atoms with Gasteiger partial charge in [-0.05, 0) is 19.9 Å². The van der Waals surface area contributed by atoms with Crippen molar-refractivity contribution in [3.05, 3.63) is 35.9 Å². The van der Waals surface area contributed by atoms with E-state index in [9.17, 15) is 9.90 Å². The molecule has 1 aromatic carbocycles. The van der Waals surface area contributed by atoms with Crippen LogP contribution < -0.4 is 5.32 Å². The van der Waals surface area contributed by atoms with E-state index >= 15 is 0 Å². The molecular formula is C13H17NO2S. The second-order valence-electron chi connectivity index (χ2n) is 4.33. The van der Waals surface area contributed by atoms with Gasteiger partial charge in [0.25, 0.3) is 0 Å². The molecule has 0 heterocycles. The number of nitrogens with one attached hydrogen (secondary N) is 1. The van der Waals surface area contributed by atoms with Crippen molar-refractivity contribution in [2.24, 2.45) is 0 Å². The minimum absolute atomic E-state index is 0.0140. The first-order valence-corrected chi connectivity index (χ1v) is 6.70. The number of thioether (sulfide) groups is 1. The van der Waals surface area contributed by atoms with E-state index in [0.29, 0.717) is 11.6 Å². The molecule has 0 saturated heterocycles. The first-order chi connectivity index (χ1) is 8.20. The molecule has 0 radical (unpaired) electrons. The number of hydrogen-bond acceptors (Lipinski definition) is 4. The summed E-state index contributed by atoms with van der Waals surface area (Å²) in [6.45, 7) is 0. The van der Waals surface area contributed by atoms with Gasteiger partial charge >= 0.3 is 0 Å². The minimum atomic E-state index is -0.384. The quantitative estimate of drug-likeness (QED) is 0.858. The van der Waals surface area contributed by atoms with Crippen molar-refractivity contribution < 1.29 is 9.90 Å². The van der Waals surface area contributed by atoms with Crippen molar-refractivity contribution in [2.45, 2.75) is 30.2 Å². The third-order valence-corrected chi connectivity index (χ3v) is 4.41. The molecule has 0 aliphatic heterocycles. The fraction of sp³-hybridized carbons (Fsp3) is 0.462. The maximum absolute atomic E-state index is 12.0. The number of aliphatic hydroxyl groups excluding tert-OH is 1. The Morgan fingerprint density at radius 2 is 2.06 bits per heavy atom. The Morgan fingerprint density at radius 1 is 1.35 bits per heavy atom. The van der Waals surface area contributed by atoms with Crippen LogP contribution in [0.25, 0.3) is 0 Å². The summed E-state index contributed by atoms with van der Waals surface area (Å²) >= 11 is 1.26. The summed E-state index contributed by atoms with van der Waals surface area (Å²) in [5.74, 6) is 0. The molecule has 1 aliphatic rings. The molecule has 4 heteroatoms. The van der Waals surface area contributed by atoms with Gasteiger partial charge in [-0.2, -0.15) is 0 Å². The zero-order chi connectivity index (χ0) is 12.3. The minimum Gasteiger partial charge on any atom is -0.392 e. The lowest BCUT2D eigenvalue weighted by atomic mass is 10.2. The van der Waals surface area contributed by atoms with Crippen LogP contribution in [0.15, 0.2) is 30.3 Å². The third-order valence-electron chi connectivity index (χ3n) is 3.15. The van der Waals surface area contributed by atoms with Crippen molar-refractivity contribution >= 4 is 16.9 Å². The molecule has 3 nitrogen and oxygen atoms in total. The fourth-order valence-corrected chi connectivity index (χ4v) is 3.26. The van der Waals surface area contributed by atoms with Crippen LogP contribution in [0.3, 0.4) is 0 Å². The Morgan fingerprint density at radius 3 is 2.65 bits per heavy atom. The largest absolute Gasteiger partial charge is 0.392 e. The maximum Gasteiger partial charge on any atom is 0.219 e. The van der Waals surface area contributed by atoms with Crippen LogP contribution in [0, 0.1) is 0 Å². The number of rotatable bonds is 3. The number of hydrogen-bond donors (Lipinski definition) is 2. The monoisotopic (exact) mass is 251 g/mol. The van der Waals surface area contributed by atoms with Gasteiger partial charge in [0.1, 0.15) is 0 Å². The second-order valence-corrected chi connectivity index (χ2v) is 5.55. The van der Waals surface area contributed by atoms with E-state index < -0.39 is 0 Å². The summed E-state index contributed by atoms with van der Waals surface area (Å²) < 4.78 is 0. The molecule has 0 bridgehead atoms. The van der Waals surface area contributed by atoms with Crippen LogP contribution in [-0.2, 0) is 0 Å². The molecule has 0 aromatic heterocycles. The highest BCUT2D eigenvalue weighted by Crippen LogP contribution is 2.32. The van der Waals surface area contributed by atoms with Gasteiger partial charge in [-0.15, -0.1) is 0 Å². The van der Waals surface area contributed by atoms with E-state index in [1.165, 1.54) is 11.8 Å². The summed E-state index contributed by atoms with van der Waals surface area (Å²) in [4.78, 5) is 12.0. The van der Waals surface area contributed by atoms with Crippen molar-refractivity contribution in [3.8, 4) is 0 Å². The van der Waals surface area contributed by atoms with Crippen LogP contribution >= 0.6 is 11.8 Å². The summed E-state index contributed by atoms with van der Waals surface area (Å²) in [5, 5.41) is 13.1. The lowest BCUT2D eigenvalue weighted by Crippen LogP contribution is -2.22. The highest BCUT2D eigenvalue weighted by molar-refractivity contribution is 8.14. The first-order valence-electron chi connectivity index (χ1n) is 5.82. The van der Waals surface area contributed by atoms with Gasteiger partial charge in [0, 0.05) is 16.9 Å². The number of benzene rings is 1. The van der Waals surface area contributed by atoms with Crippen LogP contribution in [0.4, 0.5) is 0 Å². The summed E-state index contributed by atoms with van der Waals surface area (Å²) in [7, 11) is 1.89. The van der Waals surface area contributed by atoms with E-state index in [1.54, 1.807) is 0 Å². The van der Waals surface area contributed by atoms with Gasteiger partial charge in [-0.1, -0.05) is 42.1 Å². The first kappa shape index (κ1) is 12.6. The van der Waals surface area contributed by atoms with Gasteiger partial charge in [-0.25, -0.2) is 0 Å². The standard InChI is InChI=1S/C13H17NO2S/c1-14-10-7-11(15)12(8-10)17-13(16)9-5-3-2-4-6-9/h2-6,10-12,14-15H,7-8H2,1H3/t10-,11-,12-/m1/s1. The Hall–Kier alpha value is -0.840. The fourth-order valence-electron chi connectivity index (χ4n) is 2.12. The number of aliphatic hydroxyl groups is 1. The smallest absolute Gasteiger partial charge is 0.219 e. The van der Waals surface area contributed by atoms with Crippen LogP contribution in [0.1, 0.15) is 23.2 Å². The SMILES string of the molecule is CN[C@@H]1C[C@@H](O)[C@H](SC(=O)c2ccccc2)C1. The normalized spacial score (nSPS) is 28.2. The molecule has 0 amide bonds. The van der Waals surface area contributed by atoms with Crippen molar-refractivity contribution in [1.29, 1.82) is 0 Å². The zero-order valence-corrected chi connectivity index (χ0v) is 10.6. The van der Waals surface area contributed by atoms with E-state index in [4.69, 9.17) is 0 Å². The Balaban J connectivity index is 1.96. The number of carbonyl (C=O) groups excluding carboxylic acids is 1. The highest BCUT2D eigenvalue weighted by atomic mass is 32.2. The molecular weight excluding hydrogens is 234 g/mol. The average molecular weight is 251 g/mol. The highest BCUT2D eigenvalue weighted by Gasteiger charge is 2.34. The summed E-state index contributed by atoms with van der Waals surface area (Å²) in [6, 6.07) is 9.55. The van der Waals surface area contributed by atoms with Crippen LogP contribution in [0.2, 0.25) is 0 Å². The van der Waals surface area contributed by atoms with Crippen molar-refractivity contribution in [2.75, 3.05) is 7.05 Å². The topological polar surface area (TPSA) is 49.3 Å². The molecule has 0 unspecified atom stereocenters. The molecule has 1 saturated carbocycles. The predicted octanol–water partition coefficient (Wildman–Crippen LogP) is 1.67. The average Bonchev–Trinajstić information content (AvgIpc) is 2.71. The van der Waals surface area contributed by atoms with Gasteiger partial charge in [-0.3, -0.25) is 4.79 Å². The maximum atomic E-state index is 12.0. The summed E-state index contributed by atoms with van der Waals surface area (Å²) in [5.41, 5.74) is 0.706. The van der Waals surface area contributed by atoms with Gasteiger partial charge in [0.05, 0.1) is 6.10 Å². The molecule has 2 N–H and O–H groups in total. The van der Waals surface area contributed by atoms with Crippen LogP contribution in [-0.4, -0.2) is 34.7 Å². The van der Waals surface area contributed by atoms with E-state index in [2.05, 4.69) is 5.32 Å². The van der Waals surface area contributed by atoms with Gasteiger partial charge in [0.15, 0.2) is 0 Å². The van der Waals surface area contributed by atoms with Crippen molar-refractivity contribution in [3.63, 3.8) is 0 Å². The Kier molecular flexibility index (Phi) is 4.20. The zero-order valence-electron chi connectivity index (χ0n) is 9.80. The lowest BCUT2D eigenvalue weighted by Gasteiger charge is -2.12. The molecule has 92 valence electrons. The molecule has 1 fully saturated rings. The molecule has 3 atom stereocenters. The van der Waals surface area contributed by atoms with Crippen LogP contribution in [0.5, 0.6) is 0 Å². The second kappa shape index (κ2) is 5.67. The Bertz CT molecular complexity index is 382. The van der Waals surface area contributed by atoms with E-state index in [0.717, 1.165) is 12.8 Å². The predicted molar refractivity (Wildman–Crippen MR) is 70.2 cm³/mol. The van der Waals surface area contributed by atoms with E-state index in [1.807, 2.05) is 37.4 Å². The van der Waals surface area contributed by atoms with Gasteiger partial charge in [0.2, 0.25) is 5.12 Å². The van der Waals surface area contributed by atoms with Crippen molar-refractivity contribution in [1.82, 2.24) is 5.32 Å². The molecule has 17 heavy (non-hydrogen) atoms. The number of carbonyl (C=O) groups is 1. The Labute approximate surface area is 106 Å². The third kappa shape index (κ3) is 3.09. The molecule has 2 rings (SSSR count). The molecule has 1 aromatic rings. The lowest BCUT2D eigenvalue weighted by molar-refractivity contribution is 0.108. The van der Waals surface area contributed by atoms with E-state index in [-0.39, 0.29) is 16.5 Å².